The van der Waals surface area contributed by atoms with E-state index in [1.807, 2.05) is 48.2 Å². The molecule has 0 saturated heterocycles. The zero-order chi connectivity index (χ0) is 22.5. The van der Waals surface area contributed by atoms with Gasteiger partial charge in [-0.1, -0.05) is 18.2 Å². The number of benzene rings is 2. The minimum atomic E-state index is -0.310. The van der Waals surface area contributed by atoms with E-state index in [1.54, 1.807) is 38.4 Å². The van der Waals surface area contributed by atoms with Crippen molar-refractivity contribution in [2.24, 2.45) is 0 Å². The Morgan fingerprint density at radius 1 is 1.06 bits per heavy atom. The number of ketones is 1. The van der Waals surface area contributed by atoms with Gasteiger partial charge < -0.3 is 24.8 Å². The number of hydrogen-bond donors (Lipinski definition) is 2. The normalized spacial score (nSPS) is 13.3. The number of methoxy groups -OCH3 is 1. The number of carbonyl (C=O) groups excluding carboxylic acids is 2. The molecule has 1 atom stereocenters. The Hall–Kier alpha value is -3.83. The molecule has 0 fully saturated rings. The van der Waals surface area contributed by atoms with Gasteiger partial charge in [-0.05, 0) is 24.3 Å². The number of rotatable bonds is 7. The van der Waals surface area contributed by atoms with E-state index in [9.17, 15) is 14.9 Å². The summed E-state index contributed by atoms with van der Waals surface area (Å²) >= 11 is 0. The van der Waals surface area contributed by atoms with Crippen LogP contribution in [0, 0.1) is 11.3 Å². The molecule has 0 aliphatic carbocycles. The Morgan fingerprint density at radius 3 is 2.29 bits per heavy atom. The molecular weight excluding hydrogens is 394 g/mol. The highest BCUT2D eigenvalue weighted by atomic mass is 16.5. The van der Waals surface area contributed by atoms with Gasteiger partial charge in [-0.3, -0.25) is 9.59 Å². The predicted molar refractivity (Wildman–Crippen MR) is 119 cm³/mol. The first-order valence-electron chi connectivity index (χ1n) is 9.85. The zero-order valence-electron chi connectivity index (χ0n) is 18.1. The number of likely N-dealkylation sites (N-methyl/N-ethyl adjacent to an activating group) is 1. The van der Waals surface area contributed by atoms with Crippen molar-refractivity contribution >= 4 is 28.8 Å². The highest BCUT2D eigenvalue weighted by Gasteiger charge is 2.32. The first kappa shape index (κ1) is 21.9. The lowest BCUT2D eigenvalue weighted by Crippen LogP contribution is -3.11. The van der Waals surface area contributed by atoms with Crippen molar-refractivity contribution in [1.29, 1.82) is 5.26 Å². The third-order valence-electron chi connectivity index (χ3n) is 5.13. The molecule has 2 N–H and O–H groups in total. The molecule has 0 aromatic heterocycles. The fraction of sp³-hybridized carbons (Fsp3) is 0.261. The van der Waals surface area contributed by atoms with E-state index in [4.69, 9.17) is 4.74 Å². The van der Waals surface area contributed by atoms with Crippen LogP contribution in [-0.2, 0) is 9.59 Å². The summed E-state index contributed by atoms with van der Waals surface area (Å²) in [5.74, 6) is 0.648. The molecule has 1 aliphatic heterocycles. The SMILES string of the molecule is COc1cccc(NC(=O)C[NH+](C)CC(=O)C(C#N)=C2N(C)c3ccccc3N2C)c1. The summed E-state index contributed by atoms with van der Waals surface area (Å²) in [5.41, 5.74) is 2.56. The molecule has 2 aromatic rings. The standard InChI is InChI=1S/C23H25N5O3/c1-26(15-22(30)25-16-8-7-9-17(12-16)31-4)14-21(29)18(13-24)23-27(2)19-10-5-6-11-20(19)28(23)3/h5-12H,14-15H2,1-4H3,(H,25,30)/p+1. The van der Waals surface area contributed by atoms with Gasteiger partial charge in [0.15, 0.2) is 6.54 Å². The third-order valence-corrected chi connectivity index (χ3v) is 5.13. The fourth-order valence-electron chi connectivity index (χ4n) is 3.66. The van der Waals surface area contributed by atoms with Crippen molar-refractivity contribution in [3.05, 3.63) is 59.9 Å². The van der Waals surface area contributed by atoms with Crippen LogP contribution in [0.15, 0.2) is 59.9 Å². The molecule has 0 radical (unpaired) electrons. The van der Waals surface area contributed by atoms with Crippen molar-refractivity contribution in [3.63, 3.8) is 0 Å². The highest BCUT2D eigenvalue weighted by molar-refractivity contribution is 6.03. The van der Waals surface area contributed by atoms with Gasteiger partial charge in [-0.2, -0.15) is 5.26 Å². The van der Waals surface area contributed by atoms with Gasteiger partial charge in [0.2, 0.25) is 5.78 Å². The van der Waals surface area contributed by atoms with Gasteiger partial charge in [-0.15, -0.1) is 0 Å². The molecular formula is C23H26N5O3+. The summed E-state index contributed by atoms with van der Waals surface area (Å²) in [6.45, 7) is 0.110. The number of fused-ring (bicyclic) bond motifs is 1. The summed E-state index contributed by atoms with van der Waals surface area (Å²) in [6, 6.07) is 16.8. The second-order valence-electron chi connectivity index (χ2n) is 7.43. The van der Waals surface area contributed by atoms with E-state index in [0.29, 0.717) is 22.2 Å². The first-order chi connectivity index (χ1) is 14.8. The quantitative estimate of drug-likeness (QED) is 0.514. The maximum absolute atomic E-state index is 12.9. The van der Waals surface area contributed by atoms with Crippen LogP contribution in [0.2, 0.25) is 0 Å². The molecule has 0 saturated carbocycles. The average Bonchev–Trinajstić information content (AvgIpc) is 2.99. The lowest BCUT2D eigenvalue weighted by Gasteiger charge is -2.20. The van der Waals surface area contributed by atoms with Crippen LogP contribution in [0.5, 0.6) is 5.75 Å². The summed E-state index contributed by atoms with van der Waals surface area (Å²) in [4.78, 5) is 29.7. The van der Waals surface area contributed by atoms with Crippen molar-refractivity contribution in [3.8, 4) is 11.8 Å². The van der Waals surface area contributed by atoms with E-state index >= 15 is 0 Å². The molecule has 1 amide bonds. The summed E-state index contributed by atoms with van der Waals surface area (Å²) in [7, 11) is 6.98. The number of anilines is 3. The van der Waals surface area contributed by atoms with Crippen LogP contribution in [0.3, 0.4) is 0 Å². The van der Waals surface area contributed by atoms with Crippen LogP contribution in [0.25, 0.3) is 0 Å². The number of nitrogens with one attached hydrogen (secondary N) is 2. The summed E-state index contributed by atoms with van der Waals surface area (Å²) < 4.78 is 5.15. The Morgan fingerprint density at radius 2 is 1.71 bits per heavy atom. The number of hydrogen-bond acceptors (Lipinski definition) is 6. The lowest BCUT2D eigenvalue weighted by atomic mass is 10.1. The van der Waals surface area contributed by atoms with Crippen molar-refractivity contribution in [2.45, 2.75) is 0 Å². The molecule has 0 spiro atoms. The van der Waals surface area contributed by atoms with Crippen LogP contribution < -0.4 is 24.8 Å². The lowest BCUT2D eigenvalue weighted by molar-refractivity contribution is -0.862. The van der Waals surface area contributed by atoms with Crippen LogP contribution in [-0.4, -0.2) is 53.0 Å². The Bertz CT molecular complexity index is 1040. The number of amides is 1. The van der Waals surface area contributed by atoms with Gasteiger partial charge in [0, 0.05) is 25.8 Å². The largest absolute Gasteiger partial charge is 0.497 e. The van der Waals surface area contributed by atoms with Crippen LogP contribution in [0.1, 0.15) is 0 Å². The number of para-hydroxylation sites is 2. The van der Waals surface area contributed by atoms with Gasteiger partial charge >= 0.3 is 0 Å². The molecule has 8 heteroatoms. The Kier molecular flexibility index (Phi) is 6.58. The zero-order valence-corrected chi connectivity index (χ0v) is 18.1. The number of quaternary nitrogens is 1. The summed E-state index contributed by atoms with van der Waals surface area (Å²) in [5, 5.41) is 12.5. The van der Waals surface area contributed by atoms with Crippen molar-refractivity contribution in [1.82, 2.24) is 0 Å². The Labute approximate surface area is 181 Å². The number of nitrogens with zero attached hydrogens (tertiary/aromatic N) is 3. The van der Waals surface area contributed by atoms with E-state index < -0.39 is 0 Å². The maximum atomic E-state index is 12.9. The second-order valence-corrected chi connectivity index (χ2v) is 7.43. The number of Topliss-reactive ketones (excluding diaryl/α,β-unsaturated/α-hetero) is 1. The highest BCUT2D eigenvalue weighted by Crippen LogP contribution is 2.40. The van der Waals surface area contributed by atoms with E-state index in [1.165, 1.54) is 0 Å². The molecule has 3 rings (SSSR count). The fourth-order valence-corrected chi connectivity index (χ4v) is 3.66. The van der Waals surface area contributed by atoms with Gasteiger partial charge in [0.05, 0.1) is 25.5 Å². The molecule has 1 heterocycles. The Balaban J connectivity index is 1.68. The summed E-state index contributed by atoms with van der Waals surface area (Å²) in [6.07, 6.45) is 0. The number of nitriles is 1. The minimum absolute atomic E-state index is 0.0238. The van der Waals surface area contributed by atoms with Crippen LogP contribution >= 0.6 is 0 Å². The monoisotopic (exact) mass is 420 g/mol. The van der Waals surface area contributed by atoms with E-state index in [0.717, 1.165) is 11.4 Å². The van der Waals surface area contributed by atoms with Gasteiger partial charge in [0.1, 0.15) is 29.8 Å². The molecule has 1 aliphatic rings. The molecule has 160 valence electrons. The average molecular weight is 420 g/mol. The number of carbonyl (C=O) groups is 2. The van der Waals surface area contributed by atoms with Crippen molar-refractivity contribution in [2.75, 3.05) is 56.5 Å². The molecule has 1 unspecified atom stereocenters. The minimum Gasteiger partial charge on any atom is -0.497 e. The van der Waals surface area contributed by atoms with Crippen LogP contribution in [0.4, 0.5) is 17.1 Å². The molecule has 8 nitrogen and oxygen atoms in total. The third kappa shape index (κ3) is 4.68. The molecule has 2 aromatic carbocycles. The van der Waals surface area contributed by atoms with E-state index in [-0.39, 0.29) is 30.4 Å². The topological polar surface area (TPSA) is 90.1 Å². The first-order valence-corrected chi connectivity index (χ1v) is 9.85. The maximum Gasteiger partial charge on any atom is 0.279 e. The predicted octanol–water partition coefficient (Wildman–Crippen LogP) is 1.04. The smallest absolute Gasteiger partial charge is 0.279 e. The molecule has 31 heavy (non-hydrogen) atoms. The van der Waals surface area contributed by atoms with Crippen molar-refractivity contribution < 1.29 is 19.2 Å². The second kappa shape index (κ2) is 9.32. The van der Waals surface area contributed by atoms with Gasteiger partial charge in [-0.25, -0.2) is 0 Å². The van der Waals surface area contributed by atoms with Gasteiger partial charge in [0.25, 0.3) is 5.91 Å². The number of ether oxygens (including phenoxy) is 1. The van der Waals surface area contributed by atoms with E-state index in [2.05, 4.69) is 11.4 Å². The molecule has 0 bridgehead atoms.